The molecule has 0 aliphatic carbocycles. The predicted octanol–water partition coefficient (Wildman–Crippen LogP) is 1.25. The molecule has 3 fully saturated rings. The van der Waals surface area contributed by atoms with Crippen molar-refractivity contribution in [3.05, 3.63) is 11.1 Å². The first-order valence-corrected chi connectivity index (χ1v) is 6.00. The second-order valence-corrected chi connectivity index (χ2v) is 4.88. The molecule has 0 unspecified atom stereocenters. The molecule has 3 nitrogen and oxygen atoms in total. The molecular formula is C12H19NO2. The maximum Gasteiger partial charge on any atom is 0.0763 e. The molecule has 3 saturated heterocycles. The summed E-state index contributed by atoms with van der Waals surface area (Å²) < 4.78 is 11.4. The number of ether oxygens (including phenoxy) is 2. The standard InChI is InChI=1S/C12H19NO2/c1-4-15-12(2-5-14-6-3-12)7-10(1)11-8-13-9-11/h13H,1-9H2. The molecule has 3 rings (SSSR count). The molecule has 0 radical (unpaired) electrons. The van der Waals surface area contributed by atoms with Gasteiger partial charge in [0.1, 0.15) is 0 Å². The van der Waals surface area contributed by atoms with E-state index >= 15 is 0 Å². The van der Waals surface area contributed by atoms with E-state index in [2.05, 4.69) is 5.32 Å². The molecule has 0 bridgehead atoms. The Kier molecular flexibility index (Phi) is 2.54. The number of hydrogen-bond donors (Lipinski definition) is 1. The van der Waals surface area contributed by atoms with Gasteiger partial charge in [0.15, 0.2) is 0 Å². The Balaban J connectivity index is 1.74. The van der Waals surface area contributed by atoms with E-state index < -0.39 is 0 Å². The summed E-state index contributed by atoms with van der Waals surface area (Å²) >= 11 is 0. The summed E-state index contributed by atoms with van der Waals surface area (Å²) in [4.78, 5) is 0. The lowest BCUT2D eigenvalue weighted by Gasteiger charge is -2.42. The zero-order valence-electron chi connectivity index (χ0n) is 9.18. The summed E-state index contributed by atoms with van der Waals surface area (Å²) in [7, 11) is 0. The van der Waals surface area contributed by atoms with Crippen molar-refractivity contribution in [2.75, 3.05) is 32.9 Å². The Labute approximate surface area is 90.8 Å². The van der Waals surface area contributed by atoms with Crippen LogP contribution < -0.4 is 5.32 Å². The van der Waals surface area contributed by atoms with Crippen molar-refractivity contribution in [3.63, 3.8) is 0 Å². The molecule has 0 amide bonds. The molecule has 3 heterocycles. The zero-order valence-corrected chi connectivity index (χ0v) is 9.18. The van der Waals surface area contributed by atoms with Crippen LogP contribution in [0, 0.1) is 0 Å². The zero-order chi connectivity index (χ0) is 10.1. The van der Waals surface area contributed by atoms with Gasteiger partial charge in [-0.2, -0.15) is 0 Å². The van der Waals surface area contributed by atoms with Crippen LogP contribution in [0.4, 0.5) is 0 Å². The minimum absolute atomic E-state index is 0.133. The lowest BCUT2D eigenvalue weighted by molar-refractivity contribution is -0.121. The van der Waals surface area contributed by atoms with Crippen molar-refractivity contribution >= 4 is 0 Å². The lowest BCUT2D eigenvalue weighted by Crippen LogP contribution is -2.44. The number of hydrogen-bond acceptors (Lipinski definition) is 3. The summed E-state index contributed by atoms with van der Waals surface area (Å²) in [5.41, 5.74) is 3.44. The quantitative estimate of drug-likeness (QED) is 0.609. The third-order valence-corrected chi connectivity index (χ3v) is 3.93. The Morgan fingerprint density at radius 3 is 2.47 bits per heavy atom. The maximum absolute atomic E-state index is 6.02. The van der Waals surface area contributed by atoms with E-state index in [1.807, 2.05) is 0 Å². The molecule has 3 heteroatoms. The monoisotopic (exact) mass is 209 g/mol. The Hall–Kier alpha value is -0.380. The van der Waals surface area contributed by atoms with Gasteiger partial charge in [0.05, 0.1) is 12.2 Å². The molecule has 84 valence electrons. The van der Waals surface area contributed by atoms with Crippen molar-refractivity contribution in [3.8, 4) is 0 Å². The van der Waals surface area contributed by atoms with Crippen molar-refractivity contribution in [2.24, 2.45) is 0 Å². The molecule has 0 aromatic carbocycles. The van der Waals surface area contributed by atoms with Gasteiger partial charge in [-0.3, -0.25) is 0 Å². The molecular weight excluding hydrogens is 190 g/mol. The number of rotatable bonds is 0. The van der Waals surface area contributed by atoms with Gasteiger partial charge < -0.3 is 14.8 Å². The lowest BCUT2D eigenvalue weighted by atomic mass is 9.81. The summed E-state index contributed by atoms with van der Waals surface area (Å²) in [6, 6.07) is 0. The van der Waals surface area contributed by atoms with Gasteiger partial charge >= 0.3 is 0 Å². The van der Waals surface area contributed by atoms with E-state index in [4.69, 9.17) is 9.47 Å². The fraction of sp³-hybridized carbons (Fsp3) is 0.833. The number of nitrogens with one attached hydrogen (secondary N) is 1. The highest BCUT2D eigenvalue weighted by Gasteiger charge is 2.37. The van der Waals surface area contributed by atoms with E-state index in [0.717, 1.165) is 58.6 Å². The third-order valence-electron chi connectivity index (χ3n) is 3.93. The van der Waals surface area contributed by atoms with Crippen LogP contribution in [0.25, 0.3) is 0 Å². The average Bonchev–Trinajstić information content (AvgIpc) is 2.16. The molecule has 3 aliphatic rings. The van der Waals surface area contributed by atoms with E-state index in [9.17, 15) is 0 Å². The highest BCUT2D eigenvalue weighted by atomic mass is 16.5. The molecule has 0 atom stereocenters. The fourth-order valence-electron chi connectivity index (χ4n) is 2.79. The van der Waals surface area contributed by atoms with Crippen LogP contribution in [-0.4, -0.2) is 38.5 Å². The summed E-state index contributed by atoms with van der Waals surface area (Å²) in [6.45, 7) is 4.89. The van der Waals surface area contributed by atoms with Crippen molar-refractivity contribution in [2.45, 2.75) is 31.3 Å². The molecule has 3 aliphatic heterocycles. The molecule has 1 N–H and O–H groups in total. The van der Waals surface area contributed by atoms with Gasteiger partial charge in [-0.05, 0) is 18.4 Å². The SMILES string of the molecule is C1CC2(CCO1)CC(=C1CNC1)CCO2. The van der Waals surface area contributed by atoms with Crippen LogP contribution in [0.2, 0.25) is 0 Å². The van der Waals surface area contributed by atoms with Crippen molar-refractivity contribution in [1.29, 1.82) is 0 Å². The van der Waals surface area contributed by atoms with E-state index in [1.54, 1.807) is 11.1 Å². The minimum atomic E-state index is 0.133. The Bertz CT molecular complexity index is 268. The third kappa shape index (κ3) is 1.84. The molecule has 0 aromatic heterocycles. The Morgan fingerprint density at radius 1 is 1.00 bits per heavy atom. The molecule has 0 aromatic rings. The van der Waals surface area contributed by atoms with Crippen molar-refractivity contribution in [1.82, 2.24) is 5.32 Å². The first kappa shape index (κ1) is 9.82. The second-order valence-electron chi connectivity index (χ2n) is 4.88. The van der Waals surface area contributed by atoms with Gasteiger partial charge in [0.25, 0.3) is 0 Å². The largest absolute Gasteiger partial charge is 0.381 e. The van der Waals surface area contributed by atoms with Crippen LogP contribution in [0.1, 0.15) is 25.7 Å². The first-order chi connectivity index (χ1) is 7.38. The highest BCUT2D eigenvalue weighted by molar-refractivity contribution is 5.25. The maximum atomic E-state index is 6.02. The van der Waals surface area contributed by atoms with E-state index in [1.165, 1.54) is 0 Å². The van der Waals surface area contributed by atoms with Crippen LogP contribution in [0.5, 0.6) is 0 Å². The average molecular weight is 209 g/mol. The van der Waals surface area contributed by atoms with Gasteiger partial charge in [0.2, 0.25) is 0 Å². The molecule has 1 spiro atoms. The Morgan fingerprint density at radius 2 is 1.80 bits per heavy atom. The summed E-state index contributed by atoms with van der Waals surface area (Å²) in [5.74, 6) is 0. The highest BCUT2D eigenvalue weighted by Crippen LogP contribution is 2.38. The minimum Gasteiger partial charge on any atom is -0.381 e. The molecule has 15 heavy (non-hydrogen) atoms. The van der Waals surface area contributed by atoms with Gasteiger partial charge in [0, 0.05) is 39.1 Å². The van der Waals surface area contributed by atoms with Crippen LogP contribution >= 0.6 is 0 Å². The normalized spacial score (nSPS) is 30.4. The molecule has 0 saturated carbocycles. The van der Waals surface area contributed by atoms with E-state index in [-0.39, 0.29) is 5.60 Å². The predicted molar refractivity (Wildman–Crippen MR) is 57.9 cm³/mol. The van der Waals surface area contributed by atoms with Crippen LogP contribution in [0.15, 0.2) is 11.1 Å². The topological polar surface area (TPSA) is 30.5 Å². The summed E-state index contributed by atoms with van der Waals surface area (Å²) in [6.07, 6.45) is 4.47. The smallest absolute Gasteiger partial charge is 0.0763 e. The van der Waals surface area contributed by atoms with Crippen molar-refractivity contribution < 1.29 is 9.47 Å². The first-order valence-electron chi connectivity index (χ1n) is 6.00. The van der Waals surface area contributed by atoms with Gasteiger partial charge in [-0.25, -0.2) is 0 Å². The van der Waals surface area contributed by atoms with Gasteiger partial charge in [-0.15, -0.1) is 0 Å². The second kappa shape index (κ2) is 3.89. The van der Waals surface area contributed by atoms with Gasteiger partial charge in [-0.1, -0.05) is 5.57 Å². The van der Waals surface area contributed by atoms with Crippen LogP contribution in [0.3, 0.4) is 0 Å². The van der Waals surface area contributed by atoms with Crippen LogP contribution in [-0.2, 0) is 9.47 Å². The van der Waals surface area contributed by atoms with E-state index in [0.29, 0.717) is 0 Å². The fourth-order valence-corrected chi connectivity index (χ4v) is 2.79. The summed E-state index contributed by atoms with van der Waals surface area (Å²) in [5, 5.41) is 3.33.